The lowest BCUT2D eigenvalue weighted by molar-refractivity contribution is 0.159. The van der Waals surface area contributed by atoms with Crippen LogP contribution < -0.4 is 5.32 Å². The third-order valence-electron chi connectivity index (χ3n) is 4.44. The molecule has 7 heteroatoms. The van der Waals surface area contributed by atoms with Crippen LogP contribution in [0.5, 0.6) is 0 Å². The van der Waals surface area contributed by atoms with E-state index >= 15 is 0 Å². The lowest BCUT2D eigenvalue weighted by atomic mass is 10.0. The van der Waals surface area contributed by atoms with Gasteiger partial charge in [0.1, 0.15) is 0 Å². The number of pyridine rings is 1. The molecule has 0 radical (unpaired) electrons. The largest absolute Gasteiger partial charge is 0.383 e. The first-order chi connectivity index (χ1) is 12.3. The predicted molar refractivity (Wildman–Crippen MR) is 100 cm³/mol. The average Bonchev–Trinajstić information content (AvgIpc) is 3.22. The Labute approximate surface area is 153 Å². The Bertz CT molecular complexity index is 691. The molecular weight excluding hydrogens is 336 g/mol. The molecule has 6 nitrogen and oxygen atoms in total. The van der Waals surface area contributed by atoms with Crippen molar-refractivity contribution in [1.29, 1.82) is 0 Å². The van der Waals surface area contributed by atoms with Gasteiger partial charge in [0.15, 0.2) is 5.11 Å². The van der Waals surface area contributed by atoms with Crippen molar-refractivity contribution in [2.24, 2.45) is 0 Å². The zero-order chi connectivity index (χ0) is 17.6. The van der Waals surface area contributed by atoms with Gasteiger partial charge in [-0.1, -0.05) is 6.07 Å². The van der Waals surface area contributed by atoms with Crippen molar-refractivity contribution in [3.63, 3.8) is 0 Å². The van der Waals surface area contributed by atoms with Crippen LogP contribution in [0.1, 0.15) is 23.5 Å². The molecule has 3 heterocycles. The van der Waals surface area contributed by atoms with E-state index in [4.69, 9.17) is 21.7 Å². The van der Waals surface area contributed by atoms with E-state index in [1.807, 2.05) is 24.4 Å². The first-order valence-corrected chi connectivity index (χ1v) is 8.78. The molecular formula is C18H24N4O2S. The molecule has 0 aliphatic carbocycles. The van der Waals surface area contributed by atoms with Gasteiger partial charge < -0.3 is 24.3 Å². The number of thiocarbonyl (C=S) groups is 1. The minimum absolute atomic E-state index is 0.00162. The van der Waals surface area contributed by atoms with Crippen molar-refractivity contribution in [2.45, 2.75) is 18.6 Å². The van der Waals surface area contributed by atoms with Gasteiger partial charge >= 0.3 is 0 Å². The first kappa shape index (κ1) is 17.8. The fraction of sp³-hybridized carbons (Fsp3) is 0.444. The number of ether oxygens (including phenoxy) is 2. The molecule has 134 valence electrons. The van der Waals surface area contributed by atoms with E-state index in [1.165, 1.54) is 5.69 Å². The highest BCUT2D eigenvalue weighted by molar-refractivity contribution is 7.80. The molecule has 0 bridgehead atoms. The van der Waals surface area contributed by atoms with Gasteiger partial charge in [0.25, 0.3) is 0 Å². The van der Waals surface area contributed by atoms with E-state index in [-0.39, 0.29) is 12.1 Å². The summed E-state index contributed by atoms with van der Waals surface area (Å²) in [5.74, 6) is 0. The van der Waals surface area contributed by atoms with Crippen molar-refractivity contribution < 1.29 is 9.47 Å². The summed E-state index contributed by atoms with van der Waals surface area (Å²) in [5.41, 5.74) is 2.17. The minimum atomic E-state index is 0.00162. The zero-order valence-electron chi connectivity index (χ0n) is 14.6. The van der Waals surface area contributed by atoms with Crippen molar-refractivity contribution >= 4 is 17.3 Å². The molecule has 1 aliphatic rings. The van der Waals surface area contributed by atoms with Crippen molar-refractivity contribution in [1.82, 2.24) is 19.8 Å². The topological polar surface area (TPSA) is 51.5 Å². The van der Waals surface area contributed by atoms with Gasteiger partial charge in [0.2, 0.25) is 0 Å². The second-order valence-electron chi connectivity index (χ2n) is 5.93. The summed E-state index contributed by atoms with van der Waals surface area (Å²) in [6.45, 7) is 2.81. The van der Waals surface area contributed by atoms with Gasteiger partial charge in [-0.05, 0) is 36.5 Å². The maximum absolute atomic E-state index is 5.61. The molecule has 0 aromatic carbocycles. The van der Waals surface area contributed by atoms with Gasteiger partial charge in [-0.2, -0.15) is 0 Å². The highest BCUT2D eigenvalue weighted by Gasteiger charge is 2.40. The van der Waals surface area contributed by atoms with Crippen LogP contribution in [-0.2, 0) is 16.0 Å². The van der Waals surface area contributed by atoms with Crippen LogP contribution in [0.4, 0.5) is 0 Å². The predicted octanol–water partition coefficient (Wildman–Crippen LogP) is 2.15. The second kappa shape index (κ2) is 8.42. The molecule has 2 aromatic rings. The zero-order valence-corrected chi connectivity index (χ0v) is 15.4. The van der Waals surface area contributed by atoms with E-state index in [2.05, 4.69) is 38.1 Å². The lowest BCUT2D eigenvalue weighted by Crippen LogP contribution is -2.33. The summed E-state index contributed by atoms with van der Waals surface area (Å²) in [7, 11) is 3.43. The fourth-order valence-electron chi connectivity index (χ4n) is 3.25. The maximum atomic E-state index is 5.61. The minimum Gasteiger partial charge on any atom is -0.383 e. The standard InChI is InChI=1S/C18H24N4O2S/c1-23-12-10-21-9-5-7-15(21)17-16(14-6-3-4-8-19-14)20-18(25)22(17)11-13-24-2/h3-9,16-17H,10-13H2,1-2H3,(H,20,25)/t16-,17+/m0/s1. The molecule has 0 saturated carbocycles. The van der Waals surface area contributed by atoms with E-state index in [1.54, 1.807) is 14.2 Å². The highest BCUT2D eigenvalue weighted by atomic mass is 32.1. The van der Waals surface area contributed by atoms with Crippen LogP contribution in [0.3, 0.4) is 0 Å². The SMILES string of the molecule is COCCN1C(=S)N[C@@H](c2ccccn2)[C@H]1c1cccn1CCOC. The Morgan fingerprint density at radius 2 is 1.92 bits per heavy atom. The van der Waals surface area contributed by atoms with E-state index < -0.39 is 0 Å². The fourth-order valence-corrected chi connectivity index (χ4v) is 3.58. The molecule has 1 aliphatic heterocycles. The summed E-state index contributed by atoms with van der Waals surface area (Å²) in [5, 5.41) is 4.18. The molecule has 2 atom stereocenters. The van der Waals surface area contributed by atoms with Crippen molar-refractivity contribution in [2.75, 3.05) is 34.0 Å². The van der Waals surface area contributed by atoms with Crippen LogP contribution >= 0.6 is 12.2 Å². The third kappa shape index (κ3) is 3.84. The molecule has 0 unspecified atom stereocenters. The van der Waals surface area contributed by atoms with Crippen LogP contribution in [0.15, 0.2) is 42.7 Å². The molecule has 25 heavy (non-hydrogen) atoms. The van der Waals surface area contributed by atoms with Gasteiger partial charge in [-0.3, -0.25) is 4.98 Å². The third-order valence-corrected chi connectivity index (χ3v) is 4.79. The van der Waals surface area contributed by atoms with Crippen molar-refractivity contribution in [3.05, 3.63) is 54.1 Å². The number of hydrogen-bond donors (Lipinski definition) is 1. The number of nitrogens with zero attached hydrogens (tertiary/aromatic N) is 3. The van der Waals surface area contributed by atoms with E-state index in [0.717, 1.165) is 23.9 Å². The van der Waals surface area contributed by atoms with Crippen LogP contribution in [-0.4, -0.2) is 53.5 Å². The van der Waals surface area contributed by atoms with Gasteiger partial charge in [0.05, 0.1) is 31.0 Å². The van der Waals surface area contributed by atoms with E-state index in [9.17, 15) is 0 Å². The molecule has 1 fully saturated rings. The summed E-state index contributed by atoms with van der Waals surface area (Å²) in [6.07, 6.45) is 3.90. The molecule has 3 rings (SSSR count). The average molecular weight is 360 g/mol. The Balaban J connectivity index is 1.96. The molecule has 2 aromatic heterocycles. The Hall–Kier alpha value is -1.96. The van der Waals surface area contributed by atoms with Gasteiger partial charge in [-0.15, -0.1) is 0 Å². The summed E-state index contributed by atoms with van der Waals surface area (Å²) < 4.78 is 12.8. The van der Waals surface area contributed by atoms with Crippen LogP contribution in [0.2, 0.25) is 0 Å². The molecule has 1 saturated heterocycles. The first-order valence-electron chi connectivity index (χ1n) is 8.37. The number of rotatable bonds is 8. The number of hydrogen-bond acceptors (Lipinski definition) is 4. The van der Waals surface area contributed by atoms with Crippen LogP contribution in [0, 0.1) is 0 Å². The summed E-state index contributed by atoms with van der Waals surface area (Å²) >= 11 is 5.61. The Morgan fingerprint density at radius 3 is 2.64 bits per heavy atom. The number of nitrogens with one attached hydrogen (secondary N) is 1. The number of methoxy groups -OCH3 is 2. The van der Waals surface area contributed by atoms with Gasteiger partial charge in [-0.25, -0.2) is 0 Å². The maximum Gasteiger partial charge on any atom is 0.170 e. The van der Waals surface area contributed by atoms with Crippen LogP contribution in [0.25, 0.3) is 0 Å². The lowest BCUT2D eigenvalue weighted by Gasteiger charge is -2.28. The Kier molecular flexibility index (Phi) is 6.01. The molecule has 0 spiro atoms. The van der Waals surface area contributed by atoms with Crippen molar-refractivity contribution in [3.8, 4) is 0 Å². The molecule has 0 amide bonds. The molecule has 1 N–H and O–H groups in total. The Morgan fingerprint density at radius 1 is 1.12 bits per heavy atom. The monoisotopic (exact) mass is 360 g/mol. The van der Waals surface area contributed by atoms with Gasteiger partial charge in [0, 0.05) is 45.4 Å². The smallest absolute Gasteiger partial charge is 0.170 e. The highest BCUT2D eigenvalue weighted by Crippen LogP contribution is 2.38. The number of aromatic nitrogens is 2. The normalized spacial score (nSPS) is 20.1. The summed E-state index contributed by atoms with van der Waals surface area (Å²) in [6, 6.07) is 10.2. The summed E-state index contributed by atoms with van der Waals surface area (Å²) in [4.78, 5) is 6.74. The second-order valence-corrected chi connectivity index (χ2v) is 6.32. The van der Waals surface area contributed by atoms with E-state index in [0.29, 0.717) is 13.2 Å². The quantitative estimate of drug-likeness (QED) is 0.728.